The number of hydrogen-bond donors (Lipinski definition) is 0. The van der Waals surface area contributed by atoms with E-state index in [1.165, 1.54) is 6.07 Å². The molecule has 0 radical (unpaired) electrons. The van der Waals surface area contributed by atoms with Crippen LogP contribution in [-0.2, 0) is 0 Å². The molecule has 4 heteroatoms. The zero-order chi connectivity index (χ0) is 20.5. The van der Waals surface area contributed by atoms with Gasteiger partial charge in [0.05, 0.1) is 0 Å². The minimum Gasteiger partial charge on any atom is -0.492 e. The van der Waals surface area contributed by atoms with Crippen LogP contribution in [0, 0.1) is 5.82 Å². The Labute approximate surface area is 172 Å². The van der Waals surface area contributed by atoms with E-state index in [9.17, 15) is 4.39 Å². The molecule has 0 saturated carbocycles. The van der Waals surface area contributed by atoms with Crippen molar-refractivity contribution in [3.05, 3.63) is 95.6 Å². The topological polar surface area (TPSA) is 25.4 Å². The predicted molar refractivity (Wildman–Crippen MR) is 117 cm³/mol. The molecule has 1 aromatic heterocycles. The van der Waals surface area contributed by atoms with Gasteiger partial charge in [-0.1, -0.05) is 44.2 Å². The van der Waals surface area contributed by atoms with Crippen molar-refractivity contribution in [3.8, 4) is 5.75 Å². The van der Waals surface area contributed by atoms with Gasteiger partial charge in [0.15, 0.2) is 0 Å². The van der Waals surface area contributed by atoms with E-state index in [1.54, 1.807) is 24.5 Å². The fourth-order valence-corrected chi connectivity index (χ4v) is 3.18. The zero-order valence-corrected chi connectivity index (χ0v) is 17.0. The summed E-state index contributed by atoms with van der Waals surface area (Å²) in [5, 5.41) is 0. The third kappa shape index (κ3) is 5.75. The highest BCUT2D eigenvalue weighted by molar-refractivity contribution is 5.91. The fraction of sp³-hybridized carbons (Fsp3) is 0.240. The van der Waals surface area contributed by atoms with Crippen molar-refractivity contribution in [1.29, 1.82) is 0 Å². The molecule has 0 fully saturated rings. The van der Waals surface area contributed by atoms with E-state index in [-0.39, 0.29) is 5.82 Å². The molecule has 3 aromatic rings. The molecule has 0 saturated heterocycles. The van der Waals surface area contributed by atoms with Crippen LogP contribution in [0.25, 0.3) is 11.6 Å². The molecule has 29 heavy (non-hydrogen) atoms. The lowest BCUT2D eigenvalue weighted by molar-refractivity contribution is 0.223. The van der Waals surface area contributed by atoms with E-state index >= 15 is 0 Å². The number of ether oxygens (including phenoxy) is 1. The second-order valence-corrected chi connectivity index (χ2v) is 6.72. The Bertz CT molecular complexity index is 919. The van der Waals surface area contributed by atoms with Crippen LogP contribution in [0.15, 0.2) is 73.1 Å². The molecular weight excluding hydrogens is 363 g/mol. The third-order valence-corrected chi connectivity index (χ3v) is 4.93. The van der Waals surface area contributed by atoms with Gasteiger partial charge in [0.1, 0.15) is 18.2 Å². The maximum Gasteiger partial charge on any atom is 0.130 e. The number of hydrogen-bond acceptors (Lipinski definition) is 3. The Kier molecular flexibility index (Phi) is 7.54. The van der Waals surface area contributed by atoms with E-state index in [0.717, 1.165) is 42.1 Å². The first kappa shape index (κ1) is 20.7. The summed E-state index contributed by atoms with van der Waals surface area (Å²) in [6, 6.07) is 18.6. The maximum absolute atomic E-state index is 14.2. The molecule has 0 aliphatic rings. The average Bonchev–Trinajstić information content (AvgIpc) is 2.77. The summed E-state index contributed by atoms with van der Waals surface area (Å²) in [4.78, 5) is 6.42. The van der Waals surface area contributed by atoms with E-state index in [4.69, 9.17) is 4.74 Å². The number of nitrogens with zero attached hydrogens (tertiary/aromatic N) is 2. The summed E-state index contributed by atoms with van der Waals surface area (Å²) in [5.41, 5.74) is 3.47. The fourth-order valence-electron chi connectivity index (χ4n) is 3.18. The lowest BCUT2D eigenvalue weighted by Crippen LogP contribution is -2.27. The number of rotatable bonds is 9. The van der Waals surface area contributed by atoms with Crippen molar-refractivity contribution in [2.24, 2.45) is 0 Å². The average molecular weight is 391 g/mol. The van der Waals surface area contributed by atoms with Crippen LogP contribution < -0.4 is 4.74 Å². The molecule has 0 amide bonds. The van der Waals surface area contributed by atoms with Crippen molar-refractivity contribution < 1.29 is 9.13 Å². The minimum absolute atomic E-state index is 0.240. The van der Waals surface area contributed by atoms with Gasteiger partial charge in [0.2, 0.25) is 0 Å². The molecule has 0 N–H and O–H groups in total. The molecule has 0 atom stereocenters. The van der Waals surface area contributed by atoms with Gasteiger partial charge in [-0.3, -0.25) is 4.98 Å². The monoisotopic (exact) mass is 390 g/mol. The summed E-state index contributed by atoms with van der Waals surface area (Å²) in [7, 11) is 0. The van der Waals surface area contributed by atoms with E-state index < -0.39 is 0 Å². The van der Waals surface area contributed by atoms with Crippen LogP contribution in [0.4, 0.5) is 4.39 Å². The summed E-state index contributed by atoms with van der Waals surface area (Å²) in [6.07, 6.45) is 5.37. The Morgan fingerprint density at radius 1 is 0.931 bits per heavy atom. The molecule has 0 aliphatic heterocycles. The Morgan fingerprint density at radius 3 is 2.24 bits per heavy atom. The maximum atomic E-state index is 14.2. The highest BCUT2D eigenvalue weighted by atomic mass is 19.1. The van der Waals surface area contributed by atoms with Gasteiger partial charge in [0, 0.05) is 24.5 Å². The lowest BCUT2D eigenvalue weighted by Gasteiger charge is -2.18. The SMILES string of the molecule is CCN(CC)CCOc1ccc(/C(=C\c2ccccc2F)c2ccncc2)cc1. The largest absolute Gasteiger partial charge is 0.492 e. The van der Waals surface area contributed by atoms with Gasteiger partial charge >= 0.3 is 0 Å². The predicted octanol–water partition coefficient (Wildman–Crippen LogP) is 5.53. The molecule has 3 nitrogen and oxygen atoms in total. The van der Waals surface area contributed by atoms with Crippen LogP contribution in [0.5, 0.6) is 5.75 Å². The third-order valence-electron chi connectivity index (χ3n) is 4.93. The normalized spacial score (nSPS) is 11.7. The number of benzene rings is 2. The molecule has 0 bridgehead atoms. The summed E-state index contributed by atoms with van der Waals surface area (Å²) in [5.74, 6) is 0.594. The first-order valence-electron chi connectivity index (χ1n) is 10.0. The molecule has 2 aromatic carbocycles. The van der Waals surface area contributed by atoms with E-state index in [2.05, 4.69) is 23.7 Å². The van der Waals surface area contributed by atoms with Gasteiger partial charge in [-0.25, -0.2) is 4.39 Å². The zero-order valence-electron chi connectivity index (χ0n) is 17.0. The standard InChI is InChI=1S/C25H27FN2O/c1-3-28(4-2)17-18-29-23-11-9-20(10-12-23)24(21-13-15-27-16-14-21)19-22-7-5-6-8-25(22)26/h5-16,19H,3-4,17-18H2,1-2H3/b24-19+. The van der Waals surface area contributed by atoms with Crippen molar-refractivity contribution >= 4 is 11.6 Å². The van der Waals surface area contributed by atoms with E-state index in [1.807, 2.05) is 48.5 Å². The molecule has 0 spiro atoms. The number of halogens is 1. The number of likely N-dealkylation sites (N-methyl/N-ethyl adjacent to an activating group) is 1. The highest BCUT2D eigenvalue weighted by Crippen LogP contribution is 2.28. The van der Waals surface area contributed by atoms with Crippen LogP contribution >= 0.6 is 0 Å². The first-order valence-corrected chi connectivity index (χ1v) is 10.0. The molecule has 150 valence electrons. The number of pyridine rings is 1. The molecule has 0 aliphatic carbocycles. The van der Waals surface area contributed by atoms with Gasteiger partial charge in [0.25, 0.3) is 0 Å². The quantitative estimate of drug-likeness (QED) is 0.449. The molecule has 1 heterocycles. The second kappa shape index (κ2) is 10.5. The Morgan fingerprint density at radius 2 is 1.59 bits per heavy atom. The summed E-state index contributed by atoms with van der Waals surface area (Å²) >= 11 is 0. The van der Waals surface area contributed by atoms with Crippen LogP contribution in [0.3, 0.4) is 0 Å². The van der Waals surface area contributed by atoms with Gasteiger partial charge < -0.3 is 9.64 Å². The highest BCUT2D eigenvalue weighted by Gasteiger charge is 2.08. The first-order chi connectivity index (χ1) is 14.2. The second-order valence-electron chi connectivity index (χ2n) is 6.72. The summed E-state index contributed by atoms with van der Waals surface area (Å²) in [6.45, 7) is 7.92. The molecule has 0 unspecified atom stereocenters. The summed E-state index contributed by atoms with van der Waals surface area (Å²) < 4.78 is 20.1. The Hall–Kier alpha value is -2.98. The van der Waals surface area contributed by atoms with Crippen molar-refractivity contribution in [3.63, 3.8) is 0 Å². The van der Waals surface area contributed by atoms with Crippen LogP contribution in [0.2, 0.25) is 0 Å². The van der Waals surface area contributed by atoms with Crippen molar-refractivity contribution in [2.45, 2.75) is 13.8 Å². The smallest absolute Gasteiger partial charge is 0.130 e. The lowest BCUT2D eigenvalue weighted by atomic mass is 9.96. The van der Waals surface area contributed by atoms with Gasteiger partial charge in [-0.05, 0) is 66.2 Å². The van der Waals surface area contributed by atoms with Gasteiger partial charge in [-0.2, -0.15) is 0 Å². The van der Waals surface area contributed by atoms with Crippen LogP contribution in [0.1, 0.15) is 30.5 Å². The molecular formula is C25H27FN2O. The molecule has 3 rings (SSSR count). The van der Waals surface area contributed by atoms with Crippen LogP contribution in [-0.4, -0.2) is 36.1 Å². The van der Waals surface area contributed by atoms with Gasteiger partial charge in [-0.15, -0.1) is 0 Å². The minimum atomic E-state index is -0.240. The van der Waals surface area contributed by atoms with E-state index in [0.29, 0.717) is 12.2 Å². The number of aromatic nitrogens is 1. The Balaban J connectivity index is 1.83. The van der Waals surface area contributed by atoms with Crippen molar-refractivity contribution in [1.82, 2.24) is 9.88 Å². The van der Waals surface area contributed by atoms with Crippen molar-refractivity contribution in [2.75, 3.05) is 26.2 Å².